The Morgan fingerprint density at radius 1 is 0.938 bits per heavy atom. The Labute approximate surface area is 98.8 Å². The second kappa shape index (κ2) is 4.69. The molecule has 0 bridgehead atoms. The Morgan fingerprint density at radius 3 is 2.50 bits per heavy atom. The molecule has 0 nitrogen and oxygen atoms in total. The molecule has 0 spiro atoms. The van der Waals surface area contributed by atoms with Crippen molar-refractivity contribution in [3.05, 3.63) is 71.6 Å². The van der Waals surface area contributed by atoms with Crippen LogP contribution in [0.3, 0.4) is 0 Å². The summed E-state index contributed by atoms with van der Waals surface area (Å²) < 4.78 is 0. The van der Waals surface area contributed by atoms with Crippen LogP contribution in [0, 0.1) is 18.8 Å². The fourth-order valence-electron chi connectivity index (χ4n) is 1.85. The highest BCUT2D eigenvalue weighted by atomic mass is 14.2. The maximum atomic E-state index is 2.33. The first-order valence-corrected chi connectivity index (χ1v) is 5.80. The van der Waals surface area contributed by atoms with Crippen molar-refractivity contribution in [2.45, 2.75) is 20.8 Å². The van der Waals surface area contributed by atoms with E-state index in [2.05, 4.69) is 70.1 Å². The van der Waals surface area contributed by atoms with E-state index >= 15 is 0 Å². The average molecular weight is 210 g/mol. The van der Waals surface area contributed by atoms with E-state index in [9.17, 15) is 0 Å². The van der Waals surface area contributed by atoms with Crippen molar-refractivity contribution < 1.29 is 0 Å². The lowest BCUT2D eigenvalue weighted by molar-refractivity contribution is 0.795. The van der Waals surface area contributed by atoms with Gasteiger partial charge in [-0.2, -0.15) is 0 Å². The van der Waals surface area contributed by atoms with E-state index in [1.165, 1.54) is 22.3 Å². The minimum Gasteiger partial charge on any atom is -0.0731 e. The van der Waals surface area contributed by atoms with Gasteiger partial charge in [-0.05, 0) is 37.3 Å². The minimum atomic E-state index is 0.548. The molecule has 0 saturated heterocycles. The SMILES string of the molecule is CC1=C[CH]C(C2=CC=C(C)C(C)[CH]2)=CC=C1. The van der Waals surface area contributed by atoms with Crippen LogP contribution >= 0.6 is 0 Å². The number of hydrogen-bond donors (Lipinski definition) is 0. The van der Waals surface area contributed by atoms with E-state index in [-0.39, 0.29) is 0 Å². The van der Waals surface area contributed by atoms with Gasteiger partial charge >= 0.3 is 0 Å². The molecule has 0 aromatic carbocycles. The molecule has 2 radical (unpaired) electrons. The third-order valence-electron chi connectivity index (χ3n) is 3.17. The average Bonchev–Trinajstić information content (AvgIpc) is 2.47. The first kappa shape index (κ1) is 11.2. The molecule has 0 aromatic heterocycles. The first-order valence-electron chi connectivity index (χ1n) is 5.80. The van der Waals surface area contributed by atoms with Crippen LogP contribution in [0.2, 0.25) is 0 Å². The normalized spacial score (nSPS) is 25.3. The Kier molecular flexibility index (Phi) is 3.28. The second-order valence-corrected chi connectivity index (χ2v) is 4.55. The molecule has 2 rings (SSSR count). The fourth-order valence-corrected chi connectivity index (χ4v) is 1.85. The first-order chi connectivity index (χ1) is 7.66. The molecule has 82 valence electrons. The fraction of sp³-hybridized carbons (Fsp3) is 0.250. The molecule has 16 heavy (non-hydrogen) atoms. The van der Waals surface area contributed by atoms with E-state index in [0.29, 0.717) is 5.92 Å². The number of rotatable bonds is 1. The molecule has 0 aliphatic heterocycles. The number of allylic oxidation sites excluding steroid dienone is 10. The van der Waals surface area contributed by atoms with E-state index < -0.39 is 0 Å². The topological polar surface area (TPSA) is 0 Å². The summed E-state index contributed by atoms with van der Waals surface area (Å²) in [5.41, 5.74) is 5.35. The molecule has 1 unspecified atom stereocenters. The summed E-state index contributed by atoms with van der Waals surface area (Å²) in [6, 6.07) is 0. The van der Waals surface area contributed by atoms with Crippen molar-refractivity contribution in [3.63, 3.8) is 0 Å². The van der Waals surface area contributed by atoms with Gasteiger partial charge in [-0.1, -0.05) is 54.5 Å². The number of hydrogen-bond acceptors (Lipinski definition) is 0. The zero-order chi connectivity index (χ0) is 11.5. The molecular formula is C16H18. The smallest absolute Gasteiger partial charge is 0.0130 e. The van der Waals surface area contributed by atoms with Gasteiger partial charge in [0.1, 0.15) is 0 Å². The molecular weight excluding hydrogens is 192 g/mol. The summed E-state index contributed by atoms with van der Waals surface area (Å²) in [5.74, 6) is 0.548. The second-order valence-electron chi connectivity index (χ2n) is 4.55. The van der Waals surface area contributed by atoms with Gasteiger partial charge in [-0.15, -0.1) is 0 Å². The summed E-state index contributed by atoms with van der Waals surface area (Å²) in [6.45, 7) is 6.55. The van der Waals surface area contributed by atoms with E-state index in [1.54, 1.807) is 0 Å². The lowest BCUT2D eigenvalue weighted by Gasteiger charge is -2.20. The Balaban J connectivity index is 2.21. The summed E-state index contributed by atoms with van der Waals surface area (Å²) in [6.07, 6.45) is 17.6. The third-order valence-corrected chi connectivity index (χ3v) is 3.17. The van der Waals surface area contributed by atoms with Crippen molar-refractivity contribution in [3.8, 4) is 0 Å². The minimum absolute atomic E-state index is 0.548. The molecule has 0 fully saturated rings. The Bertz CT molecular complexity index is 422. The highest BCUT2D eigenvalue weighted by molar-refractivity contribution is 5.53. The van der Waals surface area contributed by atoms with Gasteiger partial charge in [-0.25, -0.2) is 0 Å². The summed E-state index contributed by atoms with van der Waals surface area (Å²) >= 11 is 0. The zero-order valence-electron chi connectivity index (χ0n) is 10.2. The van der Waals surface area contributed by atoms with Gasteiger partial charge in [-0.3, -0.25) is 0 Å². The Morgan fingerprint density at radius 2 is 1.75 bits per heavy atom. The van der Waals surface area contributed by atoms with Crippen LogP contribution < -0.4 is 0 Å². The summed E-state index contributed by atoms with van der Waals surface area (Å²) in [7, 11) is 0. The Hall–Kier alpha value is -1.30. The van der Waals surface area contributed by atoms with Crippen molar-refractivity contribution in [2.75, 3.05) is 0 Å². The van der Waals surface area contributed by atoms with Gasteiger partial charge < -0.3 is 0 Å². The van der Waals surface area contributed by atoms with Gasteiger partial charge in [0.15, 0.2) is 0 Å². The predicted octanol–water partition coefficient (Wildman–Crippen LogP) is 4.36. The quantitative estimate of drug-likeness (QED) is 0.603. The van der Waals surface area contributed by atoms with Crippen LogP contribution in [-0.2, 0) is 0 Å². The monoisotopic (exact) mass is 210 g/mol. The molecule has 2 aliphatic rings. The lowest BCUT2D eigenvalue weighted by Crippen LogP contribution is -2.05. The largest absolute Gasteiger partial charge is 0.0731 e. The molecule has 0 heteroatoms. The van der Waals surface area contributed by atoms with E-state index in [1.807, 2.05) is 0 Å². The third kappa shape index (κ3) is 2.44. The van der Waals surface area contributed by atoms with E-state index in [0.717, 1.165) is 0 Å². The van der Waals surface area contributed by atoms with Gasteiger partial charge in [0.2, 0.25) is 0 Å². The standard InChI is InChI=1S/C16H18/c1-12-5-4-6-15(9-7-12)16-10-8-13(2)14(3)11-16/h4-11,14H,1-3H3. The molecule has 0 saturated carbocycles. The van der Waals surface area contributed by atoms with Crippen LogP contribution in [0.1, 0.15) is 20.8 Å². The van der Waals surface area contributed by atoms with Gasteiger partial charge in [0, 0.05) is 6.42 Å². The van der Waals surface area contributed by atoms with Crippen molar-refractivity contribution in [1.29, 1.82) is 0 Å². The lowest BCUT2D eigenvalue weighted by atomic mass is 9.85. The van der Waals surface area contributed by atoms with Gasteiger partial charge in [0.25, 0.3) is 0 Å². The predicted molar refractivity (Wildman–Crippen MR) is 70.6 cm³/mol. The van der Waals surface area contributed by atoms with Crippen LogP contribution in [0.4, 0.5) is 0 Å². The highest BCUT2D eigenvalue weighted by Crippen LogP contribution is 2.29. The molecule has 0 aromatic rings. The highest BCUT2D eigenvalue weighted by Gasteiger charge is 2.14. The van der Waals surface area contributed by atoms with Crippen molar-refractivity contribution in [1.82, 2.24) is 0 Å². The molecule has 1 atom stereocenters. The summed E-state index contributed by atoms with van der Waals surface area (Å²) in [4.78, 5) is 0. The molecule has 0 amide bonds. The van der Waals surface area contributed by atoms with E-state index in [4.69, 9.17) is 0 Å². The van der Waals surface area contributed by atoms with Crippen molar-refractivity contribution in [2.24, 2.45) is 5.92 Å². The van der Waals surface area contributed by atoms with Crippen LogP contribution in [0.15, 0.2) is 58.7 Å². The molecule has 2 aliphatic carbocycles. The zero-order valence-corrected chi connectivity index (χ0v) is 10.2. The van der Waals surface area contributed by atoms with Gasteiger partial charge in [0.05, 0.1) is 0 Å². The molecule has 0 heterocycles. The van der Waals surface area contributed by atoms with Crippen LogP contribution in [-0.4, -0.2) is 0 Å². The maximum Gasteiger partial charge on any atom is 0.0130 e. The summed E-state index contributed by atoms with van der Waals surface area (Å²) in [5, 5.41) is 0. The van der Waals surface area contributed by atoms with Crippen molar-refractivity contribution >= 4 is 0 Å². The molecule has 0 N–H and O–H groups in total. The maximum absolute atomic E-state index is 2.33. The van der Waals surface area contributed by atoms with Crippen LogP contribution in [0.5, 0.6) is 0 Å². The van der Waals surface area contributed by atoms with Crippen LogP contribution in [0.25, 0.3) is 0 Å².